The van der Waals surface area contributed by atoms with Gasteiger partial charge in [-0.2, -0.15) is 0 Å². The second-order valence-corrected chi connectivity index (χ2v) is 10.3. The van der Waals surface area contributed by atoms with Gasteiger partial charge in [-0.15, -0.1) is 0 Å². The van der Waals surface area contributed by atoms with Gasteiger partial charge in [-0.25, -0.2) is 0 Å². The SMILES string of the molecule is CN(C)C1CCCCC1NCc1cc(C(C)(C)C)cc(C(C)(C)C)c1O. The highest BCUT2D eigenvalue weighted by atomic mass is 16.3. The van der Waals surface area contributed by atoms with E-state index in [1.54, 1.807) is 0 Å². The van der Waals surface area contributed by atoms with Crippen LogP contribution in [0.3, 0.4) is 0 Å². The van der Waals surface area contributed by atoms with Gasteiger partial charge < -0.3 is 15.3 Å². The molecule has 0 aromatic heterocycles. The van der Waals surface area contributed by atoms with Crippen molar-refractivity contribution < 1.29 is 5.11 Å². The number of hydrogen-bond donors (Lipinski definition) is 2. The highest BCUT2D eigenvalue weighted by Crippen LogP contribution is 2.37. The van der Waals surface area contributed by atoms with E-state index < -0.39 is 0 Å². The zero-order valence-corrected chi connectivity index (χ0v) is 18.2. The molecule has 1 aromatic carbocycles. The molecular weight excluding hydrogens is 320 g/mol. The number of likely N-dealkylation sites (N-methyl/N-ethyl adjacent to an activating group) is 1. The zero-order valence-electron chi connectivity index (χ0n) is 18.2. The molecule has 1 aliphatic carbocycles. The van der Waals surface area contributed by atoms with E-state index in [0.29, 0.717) is 17.8 Å². The Morgan fingerprint density at radius 2 is 1.62 bits per heavy atom. The van der Waals surface area contributed by atoms with Crippen LogP contribution in [0.25, 0.3) is 0 Å². The lowest BCUT2D eigenvalue weighted by atomic mass is 9.79. The summed E-state index contributed by atoms with van der Waals surface area (Å²) in [6, 6.07) is 5.47. The number of rotatable bonds is 4. The normalized spacial score (nSPS) is 22.0. The summed E-state index contributed by atoms with van der Waals surface area (Å²) < 4.78 is 0. The second-order valence-electron chi connectivity index (χ2n) is 10.3. The van der Waals surface area contributed by atoms with Crippen LogP contribution in [-0.2, 0) is 17.4 Å². The molecule has 3 heteroatoms. The van der Waals surface area contributed by atoms with Crippen LogP contribution in [0.1, 0.15) is 83.9 Å². The monoisotopic (exact) mass is 360 g/mol. The molecule has 148 valence electrons. The summed E-state index contributed by atoms with van der Waals surface area (Å²) in [5.41, 5.74) is 3.38. The third kappa shape index (κ3) is 5.01. The lowest BCUT2D eigenvalue weighted by Crippen LogP contribution is -2.48. The molecule has 1 fully saturated rings. The average Bonchev–Trinajstić information content (AvgIpc) is 2.51. The number of phenolic OH excluding ortho intramolecular Hbond substituents is 1. The van der Waals surface area contributed by atoms with E-state index in [1.165, 1.54) is 31.2 Å². The van der Waals surface area contributed by atoms with Crippen molar-refractivity contribution in [1.82, 2.24) is 10.2 Å². The summed E-state index contributed by atoms with van der Waals surface area (Å²) in [6.07, 6.45) is 5.09. The number of hydrogen-bond acceptors (Lipinski definition) is 3. The molecule has 0 bridgehead atoms. The van der Waals surface area contributed by atoms with E-state index in [4.69, 9.17) is 0 Å². The van der Waals surface area contributed by atoms with Crippen LogP contribution in [0.15, 0.2) is 12.1 Å². The molecule has 0 radical (unpaired) electrons. The van der Waals surface area contributed by atoms with Crippen LogP contribution < -0.4 is 5.32 Å². The van der Waals surface area contributed by atoms with Gasteiger partial charge in [-0.1, -0.05) is 66.5 Å². The minimum atomic E-state index is -0.0723. The van der Waals surface area contributed by atoms with Crippen LogP contribution in [0, 0.1) is 0 Å². The van der Waals surface area contributed by atoms with Crippen LogP contribution >= 0.6 is 0 Å². The molecule has 0 amide bonds. The third-order valence-electron chi connectivity index (χ3n) is 5.81. The van der Waals surface area contributed by atoms with Crippen molar-refractivity contribution in [3.05, 3.63) is 28.8 Å². The summed E-state index contributed by atoms with van der Waals surface area (Å²) in [7, 11) is 4.36. The molecule has 1 aliphatic rings. The molecule has 2 rings (SSSR count). The number of nitrogens with one attached hydrogen (secondary N) is 1. The summed E-state index contributed by atoms with van der Waals surface area (Å²) in [5.74, 6) is 0.468. The topological polar surface area (TPSA) is 35.5 Å². The lowest BCUT2D eigenvalue weighted by molar-refractivity contribution is 0.175. The third-order valence-corrected chi connectivity index (χ3v) is 5.81. The first kappa shape index (κ1) is 21.2. The highest BCUT2D eigenvalue weighted by Gasteiger charge is 2.28. The van der Waals surface area contributed by atoms with Crippen molar-refractivity contribution in [3.63, 3.8) is 0 Å². The molecule has 0 heterocycles. The maximum Gasteiger partial charge on any atom is 0.123 e. The molecule has 26 heavy (non-hydrogen) atoms. The van der Waals surface area contributed by atoms with Crippen molar-refractivity contribution in [3.8, 4) is 5.75 Å². The van der Waals surface area contributed by atoms with Crippen LogP contribution in [0.2, 0.25) is 0 Å². The van der Waals surface area contributed by atoms with Gasteiger partial charge in [-0.05, 0) is 48.9 Å². The zero-order chi connectivity index (χ0) is 19.7. The average molecular weight is 361 g/mol. The molecule has 0 saturated heterocycles. The predicted octanol–water partition coefficient (Wildman–Crippen LogP) is 4.95. The van der Waals surface area contributed by atoms with Gasteiger partial charge in [0, 0.05) is 24.2 Å². The fourth-order valence-corrected chi connectivity index (χ4v) is 4.04. The van der Waals surface area contributed by atoms with Gasteiger partial charge in [0.05, 0.1) is 0 Å². The van der Waals surface area contributed by atoms with Gasteiger partial charge in [0.25, 0.3) is 0 Å². The summed E-state index contributed by atoms with van der Waals surface area (Å²) in [6.45, 7) is 14.0. The molecule has 2 atom stereocenters. The molecule has 1 saturated carbocycles. The number of nitrogens with zero attached hydrogens (tertiary/aromatic N) is 1. The Morgan fingerprint density at radius 3 is 2.15 bits per heavy atom. The number of benzene rings is 1. The maximum absolute atomic E-state index is 11.0. The van der Waals surface area contributed by atoms with Crippen LogP contribution in [-0.4, -0.2) is 36.2 Å². The van der Waals surface area contributed by atoms with Gasteiger partial charge in [0.15, 0.2) is 0 Å². The highest BCUT2D eigenvalue weighted by molar-refractivity contribution is 5.48. The molecule has 1 aromatic rings. The van der Waals surface area contributed by atoms with E-state index in [1.807, 2.05) is 0 Å². The van der Waals surface area contributed by atoms with E-state index in [0.717, 1.165) is 17.7 Å². The van der Waals surface area contributed by atoms with E-state index >= 15 is 0 Å². The Kier molecular flexibility index (Phi) is 6.45. The maximum atomic E-state index is 11.0. The first-order valence-electron chi connectivity index (χ1n) is 10.2. The number of aromatic hydroxyl groups is 1. The second kappa shape index (κ2) is 7.90. The van der Waals surface area contributed by atoms with Crippen molar-refractivity contribution >= 4 is 0 Å². The van der Waals surface area contributed by atoms with Gasteiger partial charge >= 0.3 is 0 Å². The minimum Gasteiger partial charge on any atom is -0.507 e. The van der Waals surface area contributed by atoms with E-state index in [9.17, 15) is 5.11 Å². The first-order chi connectivity index (χ1) is 11.9. The van der Waals surface area contributed by atoms with Crippen molar-refractivity contribution in [2.24, 2.45) is 0 Å². The molecule has 3 nitrogen and oxygen atoms in total. The fraction of sp³-hybridized carbons (Fsp3) is 0.739. The first-order valence-corrected chi connectivity index (χ1v) is 10.2. The van der Waals surface area contributed by atoms with Crippen molar-refractivity contribution in [2.45, 2.75) is 96.7 Å². The lowest BCUT2D eigenvalue weighted by Gasteiger charge is -2.37. The molecule has 0 spiro atoms. The minimum absolute atomic E-state index is 0.0689. The largest absolute Gasteiger partial charge is 0.507 e. The fourth-order valence-electron chi connectivity index (χ4n) is 4.04. The summed E-state index contributed by atoms with van der Waals surface area (Å²) in [4.78, 5) is 2.35. The molecule has 2 N–H and O–H groups in total. The smallest absolute Gasteiger partial charge is 0.123 e. The molecule has 0 aliphatic heterocycles. The van der Waals surface area contributed by atoms with E-state index in [2.05, 4.69) is 78.0 Å². The molecule has 2 unspecified atom stereocenters. The number of phenols is 1. The summed E-state index contributed by atoms with van der Waals surface area (Å²) in [5, 5.41) is 14.7. The summed E-state index contributed by atoms with van der Waals surface area (Å²) >= 11 is 0. The quantitative estimate of drug-likeness (QED) is 0.797. The molecular formula is C23H40N2O. The Balaban J connectivity index is 2.30. The Bertz CT molecular complexity index is 608. The van der Waals surface area contributed by atoms with Crippen LogP contribution in [0.5, 0.6) is 5.75 Å². The Hall–Kier alpha value is -1.06. The van der Waals surface area contributed by atoms with Gasteiger partial charge in [0.2, 0.25) is 0 Å². The van der Waals surface area contributed by atoms with Crippen LogP contribution in [0.4, 0.5) is 0 Å². The van der Waals surface area contributed by atoms with Crippen molar-refractivity contribution in [2.75, 3.05) is 14.1 Å². The predicted molar refractivity (Wildman–Crippen MR) is 112 cm³/mol. The Morgan fingerprint density at radius 1 is 1.00 bits per heavy atom. The van der Waals surface area contributed by atoms with Crippen molar-refractivity contribution in [1.29, 1.82) is 0 Å². The Labute approximate surface area is 161 Å². The standard InChI is InChI=1S/C23H40N2O/c1-22(2,3)17-13-16(21(26)18(14-17)23(4,5)6)15-24-19-11-9-10-12-20(19)25(7)8/h13-14,19-20,24,26H,9-12,15H2,1-8H3. The van der Waals surface area contributed by atoms with Gasteiger partial charge in [0.1, 0.15) is 5.75 Å². The van der Waals surface area contributed by atoms with Gasteiger partial charge in [-0.3, -0.25) is 0 Å². The van der Waals surface area contributed by atoms with E-state index in [-0.39, 0.29) is 10.8 Å².